The van der Waals surface area contributed by atoms with Crippen LogP contribution in [0.4, 0.5) is 0 Å². The molecule has 6 rings (SSSR count). The average Bonchev–Trinajstić information content (AvgIpc) is 3.22. The Labute approximate surface area is 347 Å². The minimum atomic E-state index is -1.34. The Morgan fingerprint density at radius 3 is 0.898 bits per heavy atom. The van der Waals surface area contributed by atoms with Crippen LogP contribution in [-0.4, -0.2) is 29.7 Å². The highest BCUT2D eigenvalue weighted by Gasteiger charge is 2.28. The maximum atomic E-state index is 13.9. The summed E-state index contributed by atoms with van der Waals surface area (Å²) >= 11 is 0. The summed E-state index contributed by atoms with van der Waals surface area (Å²) in [6.07, 6.45) is -0.231. The highest BCUT2D eigenvalue weighted by Crippen LogP contribution is 2.35. The fraction of sp³-hybridized carbons (Fsp3) is 0.128. The topological polar surface area (TPSA) is 174 Å². The van der Waals surface area contributed by atoms with Gasteiger partial charge in [-0.1, -0.05) is 133 Å². The first-order valence-corrected chi connectivity index (χ1v) is 18.4. The number of carbonyl (C=O) groups is 5. The normalized spacial score (nSPS) is 11.6. The highest BCUT2D eigenvalue weighted by molar-refractivity contribution is 5.91. The molecule has 0 spiro atoms. The van der Waals surface area contributed by atoms with Gasteiger partial charge in [0.25, 0.3) is 0 Å². The Hall–Kier alpha value is -6.92. The van der Waals surface area contributed by atoms with Gasteiger partial charge < -0.3 is 30.4 Å². The molecule has 0 bridgehead atoms. The number of ketones is 1. The molecule has 0 aliphatic heterocycles. The summed E-state index contributed by atoms with van der Waals surface area (Å²) < 4.78 is 22.6. The lowest BCUT2D eigenvalue weighted by Crippen LogP contribution is -2.31. The second kappa shape index (κ2) is 21.0. The zero-order chi connectivity index (χ0) is 40.9. The number of hydrogen-bond acceptors (Lipinski definition) is 11. The predicted octanol–water partition coefficient (Wildman–Crippen LogP) is 6.97. The van der Waals surface area contributed by atoms with E-state index in [0.29, 0.717) is 11.1 Å². The third-order valence-electron chi connectivity index (χ3n) is 8.93. The first kappa shape index (κ1) is 43.2. The zero-order valence-corrected chi connectivity index (χ0v) is 32.5. The molecule has 300 valence electrons. The van der Waals surface area contributed by atoms with E-state index in [4.69, 9.17) is 30.4 Å². The molecule has 6 aromatic rings. The second-order valence-corrected chi connectivity index (χ2v) is 13.3. The Morgan fingerprint density at radius 1 is 0.373 bits per heavy atom. The largest absolute Gasteiger partial charge is 0.422 e. The second-order valence-electron chi connectivity index (χ2n) is 13.3. The minimum Gasteiger partial charge on any atom is -0.422 e. The number of benzene rings is 6. The molecule has 0 saturated heterocycles. The van der Waals surface area contributed by atoms with E-state index < -0.39 is 41.7 Å². The van der Waals surface area contributed by atoms with Gasteiger partial charge in [-0.05, 0) is 57.6 Å². The van der Waals surface area contributed by atoms with E-state index >= 15 is 0 Å². The lowest BCUT2D eigenvalue weighted by molar-refractivity contribution is -0.136. The van der Waals surface area contributed by atoms with E-state index in [1.54, 1.807) is 97.1 Å². The summed E-state index contributed by atoms with van der Waals surface area (Å²) in [6.45, 7) is 0. The zero-order valence-electron chi connectivity index (χ0n) is 31.7. The maximum absolute atomic E-state index is 13.9. The molecule has 59 heavy (non-hydrogen) atoms. The van der Waals surface area contributed by atoms with Gasteiger partial charge in [-0.3, -0.25) is 24.0 Å². The lowest BCUT2D eigenvalue weighted by atomic mass is 9.94. The van der Waals surface area contributed by atoms with Crippen LogP contribution in [0, 0.1) is 0 Å². The van der Waals surface area contributed by atoms with E-state index in [2.05, 4.69) is 0 Å². The van der Waals surface area contributed by atoms with Crippen molar-refractivity contribution in [3.63, 3.8) is 0 Å². The molecule has 0 heterocycles. The van der Waals surface area contributed by atoms with Crippen LogP contribution >= 0.6 is 12.4 Å². The van der Waals surface area contributed by atoms with Gasteiger partial charge in [0.2, 0.25) is 0 Å². The monoisotopic (exact) mass is 812 g/mol. The smallest absolute Gasteiger partial charge is 0.315 e. The maximum Gasteiger partial charge on any atom is 0.315 e. The fourth-order valence-corrected chi connectivity index (χ4v) is 5.97. The molecule has 0 radical (unpaired) electrons. The molecule has 6 aromatic carbocycles. The predicted molar refractivity (Wildman–Crippen MR) is 222 cm³/mol. The summed E-state index contributed by atoms with van der Waals surface area (Å²) in [5.41, 5.74) is 16.3. The van der Waals surface area contributed by atoms with E-state index in [1.165, 1.54) is 36.4 Å². The van der Waals surface area contributed by atoms with Gasteiger partial charge in [0.1, 0.15) is 0 Å². The number of hydrogen-bond donors (Lipinski definition) is 2. The molecule has 0 saturated carbocycles. The van der Waals surface area contributed by atoms with Crippen molar-refractivity contribution in [1.29, 1.82) is 0 Å². The van der Waals surface area contributed by atoms with Gasteiger partial charge >= 0.3 is 23.9 Å². The number of rotatable bonds is 16. The van der Waals surface area contributed by atoms with Crippen LogP contribution in [0.15, 0.2) is 158 Å². The number of Topliss-reactive ketones (excluding diaryl/α,β-unsaturated/α-hetero) is 1. The Balaban J connectivity index is 0.00000661. The van der Waals surface area contributed by atoms with Crippen molar-refractivity contribution in [3.8, 4) is 23.0 Å². The van der Waals surface area contributed by atoms with Crippen LogP contribution in [0.1, 0.15) is 45.5 Å². The van der Waals surface area contributed by atoms with Crippen LogP contribution in [0.3, 0.4) is 0 Å². The number of carbonyl (C=O) groups excluding carboxylic acids is 5. The first-order chi connectivity index (χ1) is 28.1. The van der Waals surface area contributed by atoms with Crippen molar-refractivity contribution in [2.75, 3.05) is 0 Å². The lowest BCUT2D eigenvalue weighted by Gasteiger charge is -2.20. The molecule has 4 N–H and O–H groups in total. The van der Waals surface area contributed by atoms with Gasteiger partial charge in [-0.25, -0.2) is 0 Å². The summed E-state index contributed by atoms with van der Waals surface area (Å²) in [6, 6.07) is 41.6. The Morgan fingerprint density at radius 2 is 0.627 bits per heavy atom. The summed E-state index contributed by atoms with van der Waals surface area (Å²) in [5, 5.41) is 0. The van der Waals surface area contributed by atoms with Crippen LogP contribution < -0.4 is 30.4 Å². The quantitative estimate of drug-likeness (QED) is 0.0763. The fourth-order valence-electron chi connectivity index (χ4n) is 5.97. The van der Waals surface area contributed by atoms with Crippen molar-refractivity contribution in [3.05, 3.63) is 191 Å². The SMILES string of the molecule is Cl.NC(C(=O)C(N)c1ccc(OC(=O)Cc2ccccc2)c(OC(=O)Cc2ccccc2)c1)c1ccc(OC(=O)Cc2ccccc2)c(OC(=O)Cc2ccccc2)c1. The van der Waals surface area contributed by atoms with Crippen molar-refractivity contribution < 1.29 is 42.9 Å². The Bertz CT molecular complexity index is 2210. The molecule has 0 fully saturated rings. The summed E-state index contributed by atoms with van der Waals surface area (Å²) in [4.78, 5) is 65.9. The molecule has 0 amide bonds. The van der Waals surface area contributed by atoms with Crippen LogP contribution in [0.2, 0.25) is 0 Å². The van der Waals surface area contributed by atoms with E-state index in [0.717, 1.165) is 11.1 Å². The number of halogens is 1. The van der Waals surface area contributed by atoms with Gasteiger partial charge in [0, 0.05) is 0 Å². The van der Waals surface area contributed by atoms with Gasteiger partial charge in [-0.15, -0.1) is 12.4 Å². The molecule has 2 atom stereocenters. The average molecular weight is 813 g/mol. The van der Waals surface area contributed by atoms with Crippen LogP contribution in [-0.2, 0) is 49.7 Å². The molecular formula is C47H41ClN2O9. The number of ether oxygens (including phenoxy) is 4. The van der Waals surface area contributed by atoms with Crippen LogP contribution in [0.5, 0.6) is 23.0 Å². The van der Waals surface area contributed by atoms with E-state index in [9.17, 15) is 24.0 Å². The molecule has 2 unspecified atom stereocenters. The standard InChI is InChI=1S/C47H40N2O9.ClH/c48-45(35-21-23-37(55-41(50)25-31-13-5-1-6-14-31)39(29-35)57-43(52)27-33-17-9-3-10-18-33)47(54)46(49)36-22-24-38(56-42(51)26-32-15-7-2-8-16-32)40(30-36)58-44(53)28-34-19-11-4-12-20-34;/h1-24,29-30,45-46H,25-28,48-49H2;1H. The van der Waals surface area contributed by atoms with Crippen molar-refractivity contribution in [2.45, 2.75) is 37.8 Å². The van der Waals surface area contributed by atoms with Gasteiger partial charge in [0.05, 0.1) is 37.8 Å². The highest BCUT2D eigenvalue weighted by atomic mass is 35.5. The number of esters is 4. The van der Waals surface area contributed by atoms with Gasteiger partial charge in [0.15, 0.2) is 28.8 Å². The summed E-state index contributed by atoms with van der Waals surface area (Å²) in [7, 11) is 0. The molecule has 0 aliphatic rings. The Kier molecular flexibility index (Phi) is 15.4. The van der Waals surface area contributed by atoms with Crippen molar-refractivity contribution in [1.82, 2.24) is 0 Å². The number of nitrogens with two attached hydrogens (primary N) is 2. The van der Waals surface area contributed by atoms with Gasteiger partial charge in [-0.2, -0.15) is 0 Å². The molecular weight excluding hydrogens is 772 g/mol. The molecule has 12 heteroatoms. The van der Waals surface area contributed by atoms with Crippen molar-refractivity contribution >= 4 is 42.1 Å². The molecule has 11 nitrogen and oxygen atoms in total. The third-order valence-corrected chi connectivity index (χ3v) is 8.93. The summed E-state index contributed by atoms with van der Waals surface area (Å²) in [5.74, 6) is -3.46. The molecule has 0 aliphatic carbocycles. The van der Waals surface area contributed by atoms with E-state index in [1.807, 2.05) is 24.3 Å². The molecule has 0 aromatic heterocycles. The van der Waals surface area contributed by atoms with E-state index in [-0.39, 0.29) is 72.2 Å². The minimum absolute atomic E-state index is 0. The van der Waals surface area contributed by atoms with Crippen molar-refractivity contribution in [2.24, 2.45) is 11.5 Å². The first-order valence-electron chi connectivity index (χ1n) is 18.4. The van der Waals surface area contributed by atoms with Crippen LogP contribution in [0.25, 0.3) is 0 Å². The third kappa shape index (κ3) is 12.5.